The molecule has 1 unspecified atom stereocenters. The molecule has 3 aromatic rings. The SMILES string of the molecule is CC(c1ccccn1)N(C)Cc1cc(-c2cnccn2)ccc1OCC(=O)O. The summed E-state index contributed by atoms with van der Waals surface area (Å²) in [6, 6.07) is 11.5. The quantitative estimate of drug-likeness (QED) is 0.644. The molecule has 0 radical (unpaired) electrons. The molecule has 1 atom stereocenters. The van der Waals surface area contributed by atoms with Gasteiger partial charge >= 0.3 is 5.97 Å². The van der Waals surface area contributed by atoms with Gasteiger partial charge in [-0.05, 0) is 44.3 Å². The van der Waals surface area contributed by atoms with Crippen LogP contribution in [0.25, 0.3) is 11.3 Å². The van der Waals surface area contributed by atoms with Gasteiger partial charge in [0, 0.05) is 42.3 Å². The van der Waals surface area contributed by atoms with E-state index in [9.17, 15) is 4.79 Å². The third-order valence-corrected chi connectivity index (χ3v) is 4.47. The molecule has 0 saturated carbocycles. The number of carboxylic acid groups (broad SMARTS) is 1. The summed E-state index contributed by atoms with van der Waals surface area (Å²) in [5.74, 6) is -0.478. The van der Waals surface area contributed by atoms with Crippen LogP contribution >= 0.6 is 0 Å². The Hall–Kier alpha value is -3.32. The molecule has 0 spiro atoms. The average molecular weight is 378 g/mol. The van der Waals surface area contributed by atoms with Crippen LogP contribution in [-0.4, -0.2) is 44.6 Å². The van der Waals surface area contributed by atoms with Crippen molar-refractivity contribution in [3.63, 3.8) is 0 Å². The van der Waals surface area contributed by atoms with Crippen molar-refractivity contribution in [3.05, 3.63) is 72.4 Å². The minimum atomic E-state index is -1.01. The molecule has 7 heteroatoms. The van der Waals surface area contributed by atoms with Gasteiger partial charge in [0.15, 0.2) is 6.61 Å². The van der Waals surface area contributed by atoms with Crippen molar-refractivity contribution in [2.24, 2.45) is 0 Å². The molecule has 1 N–H and O–H groups in total. The number of hydrogen-bond donors (Lipinski definition) is 1. The summed E-state index contributed by atoms with van der Waals surface area (Å²) in [4.78, 5) is 25.9. The number of benzene rings is 1. The Morgan fingerprint density at radius 1 is 1.18 bits per heavy atom. The van der Waals surface area contributed by atoms with E-state index in [-0.39, 0.29) is 6.04 Å². The molecule has 2 heterocycles. The summed E-state index contributed by atoms with van der Waals surface area (Å²) in [5, 5.41) is 8.96. The standard InChI is InChI=1S/C21H22N4O3/c1-15(18-5-3-4-8-23-18)25(2)13-17-11-16(19-12-22-9-10-24-19)6-7-20(17)28-14-21(26)27/h3-12,15H,13-14H2,1-2H3,(H,26,27). The zero-order valence-electron chi connectivity index (χ0n) is 15.8. The fraction of sp³-hybridized carbons (Fsp3) is 0.238. The summed E-state index contributed by atoms with van der Waals surface area (Å²) >= 11 is 0. The molecule has 28 heavy (non-hydrogen) atoms. The van der Waals surface area contributed by atoms with E-state index < -0.39 is 12.6 Å². The number of pyridine rings is 1. The van der Waals surface area contributed by atoms with Crippen molar-refractivity contribution in [1.82, 2.24) is 19.9 Å². The van der Waals surface area contributed by atoms with Gasteiger partial charge in [-0.3, -0.25) is 19.9 Å². The van der Waals surface area contributed by atoms with Gasteiger partial charge in [0.1, 0.15) is 5.75 Å². The van der Waals surface area contributed by atoms with Gasteiger partial charge in [-0.1, -0.05) is 6.07 Å². The van der Waals surface area contributed by atoms with Gasteiger partial charge in [0.2, 0.25) is 0 Å². The van der Waals surface area contributed by atoms with Gasteiger partial charge in [-0.2, -0.15) is 0 Å². The first kappa shape index (κ1) is 19.4. The third-order valence-electron chi connectivity index (χ3n) is 4.47. The molecule has 144 valence electrons. The zero-order chi connectivity index (χ0) is 19.9. The highest BCUT2D eigenvalue weighted by Gasteiger charge is 2.16. The Morgan fingerprint density at radius 2 is 2.04 bits per heavy atom. The highest BCUT2D eigenvalue weighted by Crippen LogP contribution is 2.28. The predicted octanol–water partition coefficient (Wildman–Crippen LogP) is 3.20. The van der Waals surface area contributed by atoms with E-state index in [0.717, 1.165) is 22.5 Å². The molecule has 0 aliphatic heterocycles. The van der Waals surface area contributed by atoms with Gasteiger partial charge in [-0.25, -0.2) is 4.79 Å². The minimum absolute atomic E-state index is 0.0775. The van der Waals surface area contributed by atoms with Gasteiger partial charge in [0.25, 0.3) is 0 Å². The highest BCUT2D eigenvalue weighted by atomic mass is 16.5. The maximum absolute atomic E-state index is 10.9. The molecular weight excluding hydrogens is 356 g/mol. The first-order valence-electron chi connectivity index (χ1n) is 8.89. The molecule has 2 aromatic heterocycles. The van der Waals surface area contributed by atoms with Crippen molar-refractivity contribution in [3.8, 4) is 17.0 Å². The molecule has 0 bridgehead atoms. The Balaban J connectivity index is 1.88. The number of carboxylic acids is 1. The van der Waals surface area contributed by atoms with E-state index in [2.05, 4.69) is 26.8 Å². The Bertz CT molecular complexity index is 919. The third kappa shape index (κ3) is 4.89. The van der Waals surface area contributed by atoms with E-state index in [1.807, 2.05) is 37.4 Å². The number of ether oxygens (including phenoxy) is 1. The molecule has 0 aliphatic carbocycles. The van der Waals surface area contributed by atoms with Gasteiger partial charge in [0.05, 0.1) is 17.6 Å². The van der Waals surface area contributed by atoms with E-state index >= 15 is 0 Å². The van der Waals surface area contributed by atoms with Crippen molar-refractivity contribution < 1.29 is 14.6 Å². The summed E-state index contributed by atoms with van der Waals surface area (Å²) < 4.78 is 5.50. The smallest absolute Gasteiger partial charge is 0.341 e. The topological polar surface area (TPSA) is 88.4 Å². The molecule has 0 fully saturated rings. The summed E-state index contributed by atoms with van der Waals surface area (Å²) in [7, 11) is 2.00. The Morgan fingerprint density at radius 3 is 2.71 bits per heavy atom. The van der Waals surface area contributed by atoms with Crippen molar-refractivity contribution in [1.29, 1.82) is 0 Å². The lowest BCUT2D eigenvalue weighted by molar-refractivity contribution is -0.139. The van der Waals surface area contributed by atoms with Crippen LogP contribution in [0, 0.1) is 0 Å². The lowest BCUT2D eigenvalue weighted by atomic mass is 10.1. The van der Waals surface area contributed by atoms with Gasteiger partial charge < -0.3 is 9.84 Å². The van der Waals surface area contributed by atoms with E-state index in [4.69, 9.17) is 9.84 Å². The summed E-state index contributed by atoms with van der Waals surface area (Å²) in [6.45, 7) is 2.24. The maximum atomic E-state index is 10.9. The summed E-state index contributed by atoms with van der Waals surface area (Å²) in [5.41, 5.74) is 3.47. The molecule has 0 saturated heterocycles. The molecular formula is C21H22N4O3. The number of aliphatic carboxylic acids is 1. The molecule has 0 amide bonds. The summed E-state index contributed by atoms with van der Waals surface area (Å²) in [6.07, 6.45) is 6.73. The van der Waals surface area contributed by atoms with Crippen molar-refractivity contribution >= 4 is 5.97 Å². The molecule has 7 nitrogen and oxygen atoms in total. The highest BCUT2D eigenvalue weighted by molar-refractivity contribution is 5.69. The van der Waals surface area contributed by atoms with E-state index in [1.165, 1.54) is 0 Å². The number of aromatic nitrogens is 3. The van der Waals surface area contributed by atoms with E-state index in [0.29, 0.717) is 12.3 Å². The van der Waals surface area contributed by atoms with Crippen LogP contribution in [-0.2, 0) is 11.3 Å². The zero-order valence-corrected chi connectivity index (χ0v) is 15.8. The molecule has 3 rings (SSSR count). The monoisotopic (exact) mass is 378 g/mol. The van der Waals surface area contributed by atoms with E-state index in [1.54, 1.807) is 30.9 Å². The molecule has 0 aliphatic rings. The normalized spacial score (nSPS) is 12.0. The first-order chi connectivity index (χ1) is 13.5. The van der Waals surface area contributed by atoms with Gasteiger partial charge in [-0.15, -0.1) is 0 Å². The second-order valence-corrected chi connectivity index (χ2v) is 6.44. The fourth-order valence-electron chi connectivity index (χ4n) is 2.85. The fourth-order valence-corrected chi connectivity index (χ4v) is 2.85. The first-order valence-corrected chi connectivity index (χ1v) is 8.89. The van der Waals surface area contributed by atoms with Crippen LogP contribution in [0.4, 0.5) is 0 Å². The van der Waals surface area contributed by atoms with Crippen LogP contribution in [0.3, 0.4) is 0 Å². The largest absolute Gasteiger partial charge is 0.482 e. The van der Waals surface area contributed by atoms with Crippen molar-refractivity contribution in [2.45, 2.75) is 19.5 Å². The lowest BCUT2D eigenvalue weighted by Crippen LogP contribution is -2.23. The number of nitrogens with zero attached hydrogens (tertiary/aromatic N) is 4. The van der Waals surface area contributed by atoms with Crippen LogP contribution in [0.1, 0.15) is 24.2 Å². The maximum Gasteiger partial charge on any atom is 0.341 e. The number of rotatable bonds is 8. The lowest BCUT2D eigenvalue weighted by Gasteiger charge is -2.25. The predicted molar refractivity (Wildman–Crippen MR) is 105 cm³/mol. The molecule has 1 aromatic carbocycles. The number of hydrogen-bond acceptors (Lipinski definition) is 6. The number of carbonyl (C=O) groups is 1. The minimum Gasteiger partial charge on any atom is -0.482 e. The van der Waals surface area contributed by atoms with Crippen LogP contribution in [0.5, 0.6) is 5.75 Å². The Labute approximate surface area is 163 Å². The van der Waals surface area contributed by atoms with Crippen LogP contribution in [0.2, 0.25) is 0 Å². The van der Waals surface area contributed by atoms with Crippen LogP contribution in [0.15, 0.2) is 61.2 Å². The van der Waals surface area contributed by atoms with Crippen molar-refractivity contribution in [2.75, 3.05) is 13.7 Å². The second-order valence-electron chi connectivity index (χ2n) is 6.44. The second kappa shape index (κ2) is 9.05. The average Bonchev–Trinajstić information content (AvgIpc) is 2.73. The van der Waals surface area contributed by atoms with Crippen LogP contribution < -0.4 is 4.74 Å². The Kier molecular flexibility index (Phi) is 6.29.